The largest absolute Gasteiger partial charge is 0.481 e. The van der Waals surface area contributed by atoms with Crippen molar-refractivity contribution in [3.05, 3.63) is 0 Å². The predicted octanol–water partition coefficient (Wildman–Crippen LogP) is 1.49. The van der Waals surface area contributed by atoms with Gasteiger partial charge in [-0.25, -0.2) is 4.79 Å². The highest BCUT2D eigenvalue weighted by Gasteiger charge is 2.42. The molecule has 0 radical (unpaired) electrons. The zero-order valence-corrected chi connectivity index (χ0v) is 11.1. The molecule has 0 spiro atoms. The van der Waals surface area contributed by atoms with E-state index < -0.39 is 11.4 Å². The van der Waals surface area contributed by atoms with Gasteiger partial charge in [0, 0.05) is 26.7 Å². The molecule has 0 saturated carbocycles. The lowest BCUT2D eigenvalue weighted by Crippen LogP contribution is -2.43. The Bertz CT molecular complexity index is 317. The lowest BCUT2D eigenvalue weighted by Gasteiger charge is -2.27. The number of carboxylic acids is 1. The number of aliphatic carboxylic acids is 1. The van der Waals surface area contributed by atoms with E-state index in [9.17, 15) is 9.59 Å². The number of hydrogen-bond donors (Lipinski definition) is 1. The van der Waals surface area contributed by atoms with Crippen molar-refractivity contribution in [1.29, 1.82) is 0 Å². The summed E-state index contributed by atoms with van der Waals surface area (Å²) in [6.45, 7) is 7.34. The first-order valence-corrected chi connectivity index (χ1v) is 6.00. The Balaban J connectivity index is 2.59. The van der Waals surface area contributed by atoms with Crippen molar-refractivity contribution in [2.45, 2.75) is 27.2 Å². The molecule has 1 aliphatic heterocycles. The molecular formula is C12H22N2O3. The minimum absolute atomic E-state index is 0.0660. The summed E-state index contributed by atoms with van der Waals surface area (Å²) in [5, 5.41) is 9.10. The van der Waals surface area contributed by atoms with Crippen molar-refractivity contribution in [1.82, 2.24) is 9.80 Å². The van der Waals surface area contributed by atoms with Crippen molar-refractivity contribution in [3.8, 4) is 0 Å². The molecule has 1 N–H and O–H groups in total. The Morgan fingerprint density at radius 2 is 2.06 bits per heavy atom. The Morgan fingerprint density at radius 1 is 1.47 bits per heavy atom. The van der Waals surface area contributed by atoms with Gasteiger partial charge in [0.15, 0.2) is 0 Å². The normalized spacial score (nSPS) is 24.2. The molecule has 0 aromatic heterocycles. The second-order valence-electron chi connectivity index (χ2n) is 5.59. The van der Waals surface area contributed by atoms with Gasteiger partial charge >= 0.3 is 12.0 Å². The van der Waals surface area contributed by atoms with E-state index in [2.05, 4.69) is 13.8 Å². The number of carboxylic acid groups (broad SMARTS) is 1. The topological polar surface area (TPSA) is 60.9 Å². The summed E-state index contributed by atoms with van der Waals surface area (Å²) in [6.07, 6.45) is 0.531. The Kier molecular flexibility index (Phi) is 4.01. The maximum absolute atomic E-state index is 12.1. The van der Waals surface area contributed by atoms with Crippen LogP contribution >= 0.6 is 0 Å². The third kappa shape index (κ3) is 3.11. The molecule has 1 heterocycles. The van der Waals surface area contributed by atoms with E-state index in [1.807, 2.05) is 0 Å². The van der Waals surface area contributed by atoms with E-state index in [0.717, 1.165) is 0 Å². The number of nitrogens with zero attached hydrogens (tertiary/aromatic N) is 2. The van der Waals surface area contributed by atoms with Crippen LogP contribution in [0.1, 0.15) is 27.2 Å². The second-order valence-corrected chi connectivity index (χ2v) is 5.59. The van der Waals surface area contributed by atoms with Crippen molar-refractivity contribution >= 4 is 12.0 Å². The van der Waals surface area contributed by atoms with Crippen LogP contribution in [0.5, 0.6) is 0 Å². The smallest absolute Gasteiger partial charge is 0.319 e. The number of hydrogen-bond acceptors (Lipinski definition) is 2. The van der Waals surface area contributed by atoms with Gasteiger partial charge in [0.25, 0.3) is 0 Å². The summed E-state index contributed by atoms with van der Waals surface area (Å²) in [4.78, 5) is 26.4. The summed E-state index contributed by atoms with van der Waals surface area (Å²) in [7, 11) is 1.76. The van der Waals surface area contributed by atoms with Crippen molar-refractivity contribution < 1.29 is 14.7 Å². The zero-order valence-electron chi connectivity index (χ0n) is 11.1. The van der Waals surface area contributed by atoms with Crippen molar-refractivity contribution in [2.75, 3.05) is 26.7 Å². The van der Waals surface area contributed by atoms with Crippen molar-refractivity contribution in [2.24, 2.45) is 11.3 Å². The van der Waals surface area contributed by atoms with Crippen LogP contribution in [-0.4, -0.2) is 53.6 Å². The number of likely N-dealkylation sites (tertiary alicyclic amines) is 1. The Hall–Kier alpha value is -1.26. The van der Waals surface area contributed by atoms with Crippen LogP contribution in [0.2, 0.25) is 0 Å². The highest BCUT2D eigenvalue weighted by Crippen LogP contribution is 2.30. The van der Waals surface area contributed by atoms with E-state index >= 15 is 0 Å². The van der Waals surface area contributed by atoms with E-state index in [0.29, 0.717) is 32.0 Å². The first-order chi connectivity index (χ1) is 7.76. The average Bonchev–Trinajstić information content (AvgIpc) is 2.60. The van der Waals surface area contributed by atoms with Crippen LogP contribution in [0.4, 0.5) is 4.79 Å². The summed E-state index contributed by atoms with van der Waals surface area (Å²) < 4.78 is 0. The molecular weight excluding hydrogens is 220 g/mol. The second kappa shape index (κ2) is 4.94. The molecule has 1 rings (SSSR count). The first-order valence-electron chi connectivity index (χ1n) is 6.00. The first kappa shape index (κ1) is 13.8. The summed E-state index contributed by atoms with van der Waals surface area (Å²) >= 11 is 0. The SMILES string of the molecule is CC(C)CN(C)C(=O)N1CCC(C)(C(=O)O)C1. The number of urea groups is 1. The van der Waals surface area contributed by atoms with E-state index in [-0.39, 0.29) is 6.03 Å². The lowest BCUT2D eigenvalue weighted by atomic mass is 9.90. The molecule has 1 fully saturated rings. The lowest BCUT2D eigenvalue weighted by molar-refractivity contribution is -0.147. The van der Waals surface area contributed by atoms with Gasteiger partial charge in [-0.1, -0.05) is 13.8 Å². The maximum Gasteiger partial charge on any atom is 0.319 e. The number of amides is 2. The van der Waals surface area contributed by atoms with Gasteiger partial charge in [0.2, 0.25) is 0 Å². The van der Waals surface area contributed by atoms with Gasteiger partial charge in [-0.3, -0.25) is 4.79 Å². The molecule has 1 atom stereocenters. The van der Waals surface area contributed by atoms with E-state index in [1.165, 1.54) is 0 Å². The zero-order chi connectivity index (χ0) is 13.2. The van der Waals surface area contributed by atoms with Crippen LogP contribution in [0, 0.1) is 11.3 Å². The molecule has 2 amide bonds. The van der Waals surface area contributed by atoms with Gasteiger partial charge in [0.1, 0.15) is 0 Å². The average molecular weight is 242 g/mol. The van der Waals surface area contributed by atoms with E-state index in [4.69, 9.17) is 5.11 Å². The van der Waals surface area contributed by atoms with Crippen LogP contribution in [-0.2, 0) is 4.79 Å². The molecule has 1 unspecified atom stereocenters. The van der Waals surface area contributed by atoms with Gasteiger partial charge < -0.3 is 14.9 Å². The standard InChI is InChI=1S/C12H22N2O3/c1-9(2)7-13(4)11(17)14-6-5-12(3,8-14)10(15)16/h9H,5-8H2,1-4H3,(H,15,16). The van der Waals surface area contributed by atoms with Crippen LogP contribution in [0.15, 0.2) is 0 Å². The molecule has 5 heteroatoms. The molecule has 0 aromatic carbocycles. The Labute approximate surface area is 102 Å². The van der Waals surface area contributed by atoms with Crippen LogP contribution in [0.25, 0.3) is 0 Å². The fourth-order valence-electron chi connectivity index (χ4n) is 2.17. The molecule has 0 bridgehead atoms. The third-order valence-corrected chi connectivity index (χ3v) is 3.23. The minimum Gasteiger partial charge on any atom is -0.481 e. The number of rotatable bonds is 3. The molecule has 0 aromatic rings. The fraction of sp³-hybridized carbons (Fsp3) is 0.833. The van der Waals surface area contributed by atoms with Crippen LogP contribution < -0.4 is 0 Å². The van der Waals surface area contributed by atoms with Crippen molar-refractivity contribution in [3.63, 3.8) is 0 Å². The predicted molar refractivity (Wildman–Crippen MR) is 64.8 cm³/mol. The molecule has 1 saturated heterocycles. The highest BCUT2D eigenvalue weighted by atomic mass is 16.4. The van der Waals surface area contributed by atoms with E-state index in [1.54, 1.807) is 23.8 Å². The summed E-state index contributed by atoms with van der Waals surface area (Å²) in [5.74, 6) is -0.406. The molecule has 1 aliphatic rings. The monoisotopic (exact) mass is 242 g/mol. The summed E-state index contributed by atoms with van der Waals surface area (Å²) in [6, 6.07) is -0.0660. The third-order valence-electron chi connectivity index (χ3n) is 3.23. The van der Waals surface area contributed by atoms with Gasteiger partial charge in [-0.05, 0) is 19.3 Å². The Morgan fingerprint density at radius 3 is 2.47 bits per heavy atom. The maximum atomic E-state index is 12.1. The molecule has 98 valence electrons. The molecule has 5 nitrogen and oxygen atoms in total. The summed E-state index contributed by atoms with van der Waals surface area (Å²) in [5.41, 5.74) is -0.783. The van der Waals surface area contributed by atoms with Gasteiger partial charge in [-0.2, -0.15) is 0 Å². The van der Waals surface area contributed by atoms with Crippen LogP contribution in [0.3, 0.4) is 0 Å². The number of carbonyl (C=O) groups excluding carboxylic acids is 1. The molecule has 0 aliphatic carbocycles. The highest BCUT2D eigenvalue weighted by molar-refractivity contribution is 5.79. The quantitative estimate of drug-likeness (QED) is 0.815. The molecule has 17 heavy (non-hydrogen) atoms. The fourth-order valence-corrected chi connectivity index (χ4v) is 2.17. The number of carbonyl (C=O) groups is 2. The minimum atomic E-state index is -0.820. The van der Waals surface area contributed by atoms with Gasteiger partial charge in [0.05, 0.1) is 5.41 Å². The van der Waals surface area contributed by atoms with Gasteiger partial charge in [-0.15, -0.1) is 0 Å².